The Morgan fingerprint density at radius 2 is 1.65 bits per heavy atom. The van der Waals surface area contributed by atoms with Gasteiger partial charge in [0.05, 0.1) is 6.61 Å². The van der Waals surface area contributed by atoms with Crippen molar-refractivity contribution in [3.05, 3.63) is 29.8 Å². The van der Waals surface area contributed by atoms with Crippen LogP contribution in [0.25, 0.3) is 0 Å². The normalized spacial score (nSPS) is 23.0. The Morgan fingerprint density at radius 1 is 1.04 bits per heavy atom. The topological polar surface area (TPSA) is 58.6 Å². The number of rotatable bonds is 8. The number of quaternary nitrogens is 2. The minimum absolute atomic E-state index is 0.261. The van der Waals surface area contributed by atoms with E-state index in [2.05, 4.69) is 26.0 Å². The molecule has 0 aromatic heterocycles. The lowest BCUT2D eigenvalue weighted by Gasteiger charge is -2.30. The zero-order valence-electron chi connectivity index (χ0n) is 14.4. The van der Waals surface area contributed by atoms with Gasteiger partial charge in [0, 0.05) is 0 Å². The van der Waals surface area contributed by atoms with Gasteiger partial charge in [-0.3, -0.25) is 0 Å². The van der Waals surface area contributed by atoms with Crippen LogP contribution >= 0.6 is 0 Å². The maximum Gasteiger partial charge on any atom is 0.137 e. The van der Waals surface area contributed by atoms with Crippen molar-refractivity contribution in [1.82, 2.24) is 0 Å². The molecule has 1 atom stereocenters. The van der Waals surface area contributed by atoms with Gasteiger partial charge in [0.15, 0.2) is 0 Å². The Bertz CT molecular complexity index is 442. The second-order valence-corrected chi connectivity index (χ2v) is 6.87. The molecule has 0 bridgehead atoms. The standard InChI is InChI=1S/C18H30N2O3/c1-15(2)16-3-5-18(6-4-16)23-14-17(22)13-20-9-7-19(8-10-20)11-12-21/h3-6,15,17,21-22H,7-14H2,1-2H3/p+2/t17-/m1/s1. The highest BCUT2D eigenvalue weighted by Crippen LogP contribution is 2.18. The fourth-order valence-electron chi connectivity index (χ4n) is 3.10. The van der Waals surface area contributed by atoms with Crippen molar-refractivity contribution in [3.63, 3.8) is 0 Å². The highest BCUT2D eigenvalue weighted by molar-refractivity contribution is 5.28. The summed E-state index contributed by atoms with van der Waals surface area (Å²) in [5.74, 6) is 1.34. The van der Waals surface area contributed by atoms with E-state index in [1.807, 2.05) is 12.1 Å². The number of aliphatic hydroxyl groups is 2. The smallest absolute Gasteiger partial charge is 0.137 e. The number of ether oxygens (including phenoxy) is 1. The van der Waals surface area contributed by atoms with E-state index in [1.54, 1.807) is 0 Å². The second-order valence-electron chi connectivity index (χ2n) is 6.87. The molecule has 1 fully saturated rings. The van der Waals surface area contributed by atoms with Crippen LogP contribution in [0.4, 0.5) is 0 Å². The third kappa shape index (κ3) is 6.11. The van der Waals surface area contributed by atoms with Gasteiger partial charge in [-0.15, -0.1) is 0 Å². The Morgan fingerprint density at radius 3 is 2.22 bits per heavy atom. The molecule has 0 unspecified atom stereocenters. The molecular weight excluding hydrogens is 292 g/mol. The van der Waals surface area contributed by atoms with Crippen LogP contribution in [0.2, 0.25) is 0 Å². The van der Waals surface area contributed by atoms with E-state index >= 15 is 0 Å². The quantitative estimate of drug-likeness (QED) is 0.462. The molecule has 0 saturated carbocycles. The van der Waals surface area contributed by atoms with Crippen molar-refractivity contribution in [1.29, 1.82) is 0 Å². The molecule has 5 heteroatoms. The summed E-state index contributed by atoms with van der Waals surface area (Å²) < 4.78 is 5.70. The van der Waals surface area contributed by atoms with Crippen molar-refractivity contribution in [2.24, 2.45) is 0 Å². The summed E-state index contributed by atoms with van der Waals surface area (Å²) in [5.41, 5.74) is 1.30. The van der Waals surface area contributed by atoms with Crippen LogP contribution in [0.15, 0.2) is 24.3 Å². The average molecular weight is 324 g/mol. The fourth-order valence-corrected chi connectivity index (χ4v) is 3.10. The average Bonchev–Trinajstić information content (AvgIpc) is 2.55. The van der Waals surface area contributed by atoms with E-state index in [0.717, 1.165) is 45.0 Å². The van der Waals surface area contributed by atoms with E-state index in [9.17, 15) is 5.11 Å². The number of benzene rings is 1. The maximum absolute atomic E-state index is 10.2. The summed E-state index contributed by atoms with van der Waals surface area (Å²) in [5, 5.41) is 19.2. The molecule has 0 radical (unpaired) electrons. The molecule has 23 heavy (non-hydrogen) atoms. The molecule has 5 nitrogen and oxygen atoms in total. The van der Waals surface area contributed by atoms with Crippen molar-refractivity contribution >= 4 is 0 Å². The monoisotopic (exact) mass is 324 g/mol. The summed E-state index contributed by atoms with van der Waals surface area (Å²) in [6.45, 7) is 10.8. The molecule has 1 saturated heterocycles. The molecule has 1 aromatic carbocycles. The summed E-state index contributed by atoms with van der Waals surface area (Å²) >= 11 is 0. The zero-order valence-corrected chi connectivity index (χ0v) is 14.4. The van der Waals surface area contributed by atoms with Gasteiger partial charge >= 0.3 is 0 Å². The minimum Gasteiger partial charge on any atom is -0.491 e. The molecular formula is C18H32N2O3+2. The summed E-state index contributed by atoms with van der Waals surface area (Å²) in [7, 11) is 0. The first-order chi connectivity index (χ1) is 11.1. The highest BCUT2D eigenvalue weighted by Gasteiger charge is 2.24. The van der Waals surface area contributed by atoms with Crippen LogP contribution < -0.4 is 14.5 Å². The van der Waals surface area contributed by atoms with Crippen molar-refractivity contribution in [2.75, 3.05) is 52.5 Å². The predicted molar refractivity (Wildman–Crippen MR) is 90.2 cm³/mol. The molecule has 4 N–H and O–H groups in total. The van der Waals surface area contributed by atoms with Crippen molar-refractivity contribution in [2.45, 2.75) is 25.9 Å². The van der Waals surface area contributed by atoms with Gasteiger partial charge in [-0.05, 0) is 23.6 Å². The Hall–Kier alpha value is -1.14. The molecule has 1 aromatic rings. The molecule has 0 spiro atoms. The van der Waals surface area contributed by atoms with Crippen LogP contribution in [0, 0.1) is 0 Å². The molecule has 2 rings (SSSR count). The van der Waals surface area contributed by atoms with E-state index in [0.29, 0.717) is 12.5 Å². The van der Waals surface area contributed by atoms with Crippen molar-refractivity contribution < 1.29 is 24.7 Å². The van der Waals surface area contributed by atoms with Crippen LogP contribution in [-0.2, 0) is 0 Å². The van der Waals surface area contributed by atoms with E-state index < -0.39 is 6.10 Å². The van der Waals surface area contributed by atoms with Crippen LogP contribution in [0.1, 0.15) is 25.3 Å². The van der Waals surface area contributed by atoms with E-state index in [-0.39, 0.29) is 6.61 Å². The van der Waals surface area contributed by atoms with Crippen LogP contribution in [0.5, 0.6) is 5.75 Å². The largest absolute Gasteiger partial charge is 0.491 e. The molecule has 130 valence electrons. The molecule has 0 amide bonds. The number of hydrogen-bond donors (Lipinski definition) is 4. The Balaban J connectivity index is 1.68. The number of nitrogens with one attached hydrogen (secondary N) is 2. The lowest BCUT2D eigenvalue weighted by Crippen LogP contribution is -3.28. The zero-order chi connectivity index (χ0) is 16.7. The molecule has 1 aliphatic rings. The van der Waals surface area contributed by atoms with Gasteiger partial charge in [0.2, 0.25) is 0 Å². The molecule has 1 heterocycles. The fraction of sp³-hybridized carbons (Fsp3) is 0.667. The Kier molecular flexibility index (Phi) is 7.30. The third-order valence-electron chi connectivity index (χ3n) is 4.64. The predicted octanol–water partition coefficient (Wildman–Crippen LogP) is -1.67. The lowest BCUT2D eigenvalue weighted by molar-refractivity contribution is -1.01. The summed E-state index contributed by atoms with van der Waals surface area (Å²) in [4.78, 5) is 2.89. The lowest BCUT2D eigenvalue weighted by atomic mass is 10.0. The number of hydrogen-bond acceptors (Lipinski definition) is 3. The minimum atomic E-state index is -0.436. The van der Waals surface area contributed by atoms with Gasteiger partial charge in [-0.25, -0.2) is 0 Å². The Labute approximate surface area is 139 Å². The van der Waals surface area contributed by atoms with Crippen LogP contribution in [-0.4, -0.2) is 68.8 Å². The van der Waals surface area contributed by atoms with Gasteiger partial charge in [0.25, 0.3) is 0 Å². The van der Waals surface area contributed by atoms with Gasteiger partial charge in [-0.2, -0.15) is 0 Å². The van der Waals surface area contributed by atoms with Gasteiger partial charge in [0.1, 0.15) is 57.7 Å². The maximum atomic E-state index is 10.2. The van der Waals surface area contributed by atoms with Gasteiger partial charge < -0.3 is 24.7 Å². The first kappa shape index (κ1) is 18.2. The summed E-state index contributed by atoms with van der Waals surface area (Å²) in [6.07, 6.45) is -0.436. The van der Waals surface area contributed by atoms with E-state index in [4.69, 9.17) is 9.84 Å². The third-order valence-corrected chi connectivity index (χ3v) is 4.64. The van der Waals surface area contributed by atoms with E-state index in [1.165, 1.54) is 15.4 Å². The van der Waals surface area contributed by atoms with Crippen molar-refractivity contribution in [3.8, 4) is 5.75 Å². The van der Waals surface area contributed by atoms with Crippen LogP contribution in [0.3, 0.4) is 0 Å². The number of piperazine rings is 1. The molecule has 1 aliphatic heterocycles. The van der Waals surface area contributed by atoms with Gasteiger partial charge in [-0.1, -0.05) is 26.0 Å². The second kappa shape index (κ2) is 9.23. The number of aliphatic hydroxyl groups excluding tert-OH is 2. The summed E-state index contributed by atoms with van der Waals surface area (Å²) in [6, 6.07) is 8.12. The first-order valence-corrected chi connectivity index (χ1v) is 8.77. The first-order valence-electron chi connectivity index (χ1n) is 8.77. The highest BCUT2D eigenvalue weighted by atomic mass is 16.5. The SMILES string of the molecule is CC(C)c1ccc(OC[C@H](O)C[NH+]2CC[NH+](CCO)CC2)cc1. The molecule has 0 aliphatic carbocycles.